The Bertz CT molecular complexity index is 893. The minimum absolute atomic E-state index is 0.0203. The Morgan fingerprint density at radius 1 is 0.933 bits per heavy atom. The van der Waals surface area contributed by atoms with E-state index in [1.165, 1.54) is 0 Å². The lowest BCUT2D eigenvalue weighted by Crippen LogP contribution is -2.39. The molecule has 0 aliphatic carbocycles. The van der Waals surface area contributed by atoms with Gasteiger partial charge in [-0.2, -0.15) is 0 Å². The molecular weight excluding hydrogens is 449 g/mol. The third kappa shape index (κ3) is 6.17. The summed E-state index contributed by atoms with van der Waals surface area (Å²) in [5, 5.41) is 4.21. The van der Waals surface area contributed by atoms with Crippen LogP contribution in [0.5, 0.6) is 5.75 Å². The molecule has 1 saturated heterocycles. The van der Waals surface area contributed by atoms with Gasteiger partial charge in [-0.3, -0.25) is 4.79 Å². The maximum absolute atomic E-state index is 12.5. The average molecular weight is 471 g/mol. The van der Waals surface area contributed by atoms with E-state index >= 15 is 0 Å². The zero-order valence-corrected chi connectivity index (χ0v) is 18.5. The maximum atomic E-state index is 12.5. The lowest BCUT2D eigenvalue weighted by molar-refractivity contribution is -0.131. The van der Waals surface area contributed by atoms with Crippen LogP contribution in [-0.2, 0) is 4.79 Å². The molecule has 1 aliphatic heterocycles. The van der Waals surface area contributed by atoms with Gasteiger partial charge in [-0.15, -0.1) is 0 Å². The van der Waals surface area contributed by atoms with E-state index in [1.807, 2.05) is 0 Å². The molecule has 1 fully saturated rings. The number of urea groups is 1. The number of ether oxygens (including phenoxy) is 1. The van der Waals surface area contributed by atoms with Crippen LogP contribution in [0.25, 0.3) is 0 Å². The molecule has 1 aliphatic rings. The Balaban J connectivity index is 1.45. The molecule has 3 amide bonds. The second-order valence-electron chi connectivity index (χ2n) is 6.81. The first-order chi connectivity index (χ1) is 14.4. The van der Waals surface area contributed by atoms with E-state index in [-0.39, 0.29) is 25.0 Å². The smallest absolute Gasteiger partial charge is 0.321 e. The summed E-state index contributed by atoms with van der Waals surface area (Å²) in [6, 6.07) is 11.9. The first kappa shape index (κ1) is 22.5. The molecule has 0 unspecified atom stereocenters. The normalized spacial score (nSPS) is 14.2. The minimum atomic E-state index is -0.189. The van der Waals surface area contributed by atoms with Crippen molar-refractivity contribution in [1.82, 2.24) is 9.80 Å². The molecule has 30 heavy (non-hydrogen) atoms. The van der Waals surface area contributed by atoms with Crippen LogP contribution in [0.1, 0.15) is 12.8 Å². The quantitative estimate of drug-likeness (QED) is 0.655. The number of rotatable bonds is 5. The first-order valence-electron chi connectivity index (χ1n) is 9.60. The van der Waals surface area contributed by atoms with Crippen LogP contribution in [-0.4, -0.2) is 54.5 Å². The average Bonchev–Trinajstić information content (AvgIpc) is 2.99. The van der Waals surface area contributed by atoms with Crippen molar-refractivity contribution in [2.45, 2.75) is 12.8 Å². The molecule has 3 rings (SSSR count). The van der Waals surface area contributed by atoms with E-state index in [2.05, 4.69) is 5.32 Å². The first-order valence-corrected chi connectivity index (χ1v) is 10.7. The van der Waals surface area contributed by atoms with Crippen molar-refractivity contribution in [2.75, 3.05) is 38.1 Å². The number of benzene rings is 2. The zero-order valence-electron chi connectivity index (χ0n) is 16.2. The monoisotopic (exact) mass is 469 g/mol. The van der Waals surface area contributed by atoms with Crippen LogP contribution >= 0.6 is 34.8 Å². The molecule has 0 spiro atoms. The second-order valence-corrected chi connectivity index (χ2v) is 8.03. The van der Waals surface area contributed by atoms with Gasteiger partial charge in [0.25, 0.3) is 0 Å². The number of anilines is 1. The van der Waals surface area contributed by atoms with Crippen LogP contribution in [0.2, 0.25) is 15.1 Å². The third-order valence-electron chi connectivity index (χ3n) is 4.72. The van der Waals surface area contributed by atoms with Gasteiger partial charge in [0.1, 0.15) is 10.8 Å². The van der Waals surface area contributed by atoms with Gasteiger partial charge in [-0.05, 0) is 42.8 Å². The van der Waals surface area contributed by atoms with E-state index in [0.29, 0.717) is 59.1 Å². The number of hydrogen-bond acceptors (Lipinski definition) is 3. The molecule has 6 nitrogen and oxygen atoms in total. The number of hydrogen-bond donors (Lipinski definition) is 1. The Kier molecular flexibility index (Phi) is 8.08. The predicted molar refractivity (Wildman–Crippen MR) is 120 cm³/mol. The predicted octanol–water partition coefficient (Wildman–Crippen LogP) is 5.18. The van der Waals surface area contributed by atoms with Crippen LogP contribution in [0.4, 0.5) is 10.5 Å². The van der Waals surface area contributed by atoms with E-state index in [9.17, 15) is 9.59 Å². The molecule has 2 aromatic rings. The molecule has 0 bridgehead atoms. The molecule has 0 aromatic heterocycles. The summed E-state index contributed by atoms with van der Waals surface area (Å²) in [5.41, 5.74) is 0.679. The Morgan fingerprint density at radius 3 is 2.40 bits per heavy atom. The van der Waals surface area contributed by atoms with E-state index in [4.69, 9.17) is 39.5 Å². The lowest BCUT2D eigenvalue weighted by Gasteiger charge is -2.22. The van der Waals surface area contributed by atoms with Crippen molar-refractivity contribution in [2.24, 2.45) is 0 Å². The third-order valence-corrected chi connectivity index (χ3v) is 5.77. The Hall–Kier alpha value is -2.15. The fraction of sp³-hybridized carbons (Fsp3) is 0.333. The summed E-state index contributed by atoms with van der Waals surface area (Å²) in [4.78, 5) is 28.5. The van der Waals surface area contributed by atoms with Gasteiger partial charge in [-0.1, -0.05) is 40.9 Å². The standard InChI is InChI=1S/C21H22Cl3N3O3/c22-15-5-7-16(8-6-15)25-21(29)27-11-2-10-26(12-13-27)19(28)9-14-30-18-4-1-3-17(23)20(18)24/h1,3-8H,2,9-14H2,(H,25,29). The largest absolute Gasteiger partial charge is 0.491 e. The van der Waals surface area contributed by atoms with E-state index < -0.39 is 0 Å². The van der Waals surface area contributed by atoms with E-state index in [0.717, 1.165) is 0 Å². The lowest BCUT2D eigenvalue weighted by atomic mass is 10.3. The summed E-state index contributed by atoms with van der Waals surface area (Å²) in [5.74, 6) is 0.436. The van der Waals surface area contributed by atoms with Gasteiger partial charge in [0.15, 0.2) is 0 Å². The summed E-state index contributed by atoms with van der Waals surface area (Å²) < 4.78 is 5.60. The van der Waals surface area contributed by atoms with Gasteiger partial charge in [-0.25, -0.2) is 4.79 Å². The van der Waals surface area contributed by atoms with Crippen molar-refractivity contribution in [3.63, 3.8) is 0 Å². The molecule has 160 valence electrons. The number of nitrogens with one attached hydrogen (secondary N) is 1. The van der Waals surface area contributed by atoms with Gasteiger partial charge in [0.05, 0.1) is 18.1 Å². The van der Waals surface area contributed by atoms with Crippen LogP contribution in [0.3, 0.4) is 0 Å². The molecule has 0 radical (unpaired) electrons. The van der Waals surface area contributed by atoms with Gasteiger partial charge in [0.2, 0.25) is 5.91 Å². The number of nitrogens with zero attached hydrogens (tertiary/aromatic N) is 2. The van der Waals surface area contributed by atoms with Crippen molar-refractivity contribution in [3.8, 4) is 5.75 Å². The topological polar surface area (TPSA) is 61.9 Å². The Morgan fingerprint density at radius 2 is 1.63 bits per heavy atom. The number of carbonyl (C=O) groups excluding carboxylic acids is 2. The van der Waals surface area contributed by atoms with Crippen LogP contribution < -0.4 is 10.1 Å². The van der Waals surface area contributed by atoms with Crippen molar-refractivity contribution < 1.29 is 14.3 Å². The molecule has 2 aromatic carbocycles. The highest BCUT2D eigenvalue weighted by Crippen LogP contribution is 2.31. The van der Waals surface area contributed by atoms with Crippen LogP contribution in [0, 0.1) is 0 Å². The second kappa shape index (κ2) is 10.8. The summed E-state index contributed by atoms with van der Waals surface area (Å²) >= 11 is 17.9. The van der Waals surface area contributed by atoms with Crippen LogP contribution in [0.15, 0.2) is 42.5 Å². The Labute approximate surface area is 190 Å². The zero-order chi connectivity index (χ0) is 21.5. The number of carbonyl (C=O) groups is 2. The fourth-order valence-corrected chi connectivity index (χ4v) is 3.58. The number of halogens is 3. The molecule has 0 saturated carbocycles. The highest BCUT2D eigenvalue weighted by atomic mass is 35.5. The SMILES string of the molecule is O=C(CCOc1cccc(Cl)c1Cl)N1CCCN(C(=O)Nc2ccc(Cl)cc2)CC1. The van der Waals surface area contributed by atoms with Gasteiger partial charge in [0, 0.05) is 36.9 Å². The van der Waals surface area contributed by atoms with Crippen molar-refractivity contribution in [1.29, 1.82) is 0 Å². The molecule has 9 heteroatoms. The molecule has 1 N–H and O–H groups in total. The molecular formula is C21H22Cl3N3O3. The summed E-state index contributed by atoms with van der Waals surface area (Å²) in [7, 11) is 0. The van der Waals surface area contributed by atoms with Gasteiger partial charge >= 0.3 is 6.03 Å². The van der Waals surface area contributed by atoms with Crippen molar-refractivity contribution in [3.05, 3.63) is 57.5 Å². The number of amides is 3. The summed E-state index contributed by atoms with van der Waals surface area (Å²) in [6.45, 7) is 2.33. The summed E-state index contributed by atoms with van der Waals surface area (Å²) in [6.07, 6.45) is 0.931. The fourth-order valence-electron chi connectivity index (χ4n) is 3.11. The molecule has 0 atom stereocenters. The highest BCUT2D eigenvalue weighted by Gasteiger charge is 2.22. The van der Waals surface area contributed by atoms with Gasteiger partial charge < -0.3 is 19.9 Å². The van der Waals surface area contributed by atoms with Crippen molar-refractivity contribution >= 4 is 52.4 Å². The van der Waals surface area contributed by atoms with E-state index in [1.54, 1.807) is 52.3 Å². The minimum Gasteiger partial charge on any atom is -0.491 e. The highest BCUT2D eigenvalue weighted by molar-refractivity contribution is 6.42. The maximum Gasteiger partial charge on any atom is 0.321 e. The molecule has 1 heterocycles.